The Morgan fingerprint density at radius 1 is 1.57 bits per heavy atom. The number of rotatable bonds is 2. The normalized spacial score (nSPS) is 8.00. The lowest BCUT2D eigenvalue weighted by Gasteiger charge is -1.82. The lowest BCUT2D eigenvalue weighted by atomic mass is 10.8. The largest absolute Gasteiger partial charge is 0.393 e. The molecule has 0 aromatic heterocycles. The molecule has 0 aliphatic carbocycles. The fraction of sp³-hybridized carbons (Fsp3) is 0.200. The van der Waals surface area contributed by atoms with Gasteiger partial charge in [-0.1, -0.05) is 6.42 Å². The van der Waals surface area contributed by atoms with E-state index in [1.807, 2.05) is 0 Å². The third-order valence-corrected chi connectivity index (χ3v) is 0.417. The zero-order valence-electron chi connectivity index (χ0n) is 4.23. The van der Waals surface area contributed by atoms with Crippen molar-refractivity contribution in [1.29, 1.82) is 0 Å². The zero-order valence-corrected chi connectivity index (χ0v) is 4.23. The second kappa shape index (κ2) is 4.90. The van der Waals surface area contributed by atoms with Crippen molar-refractivity contribution in [1.82, 2.24) is 10.6 Å². The maximum Gasteiger partial charge on any atom is 0.0249 e. The van der Waals surface area contributed by atoms with E-state index in [0.717, 1.165) is 0 Å². The first kappa shape index (κ1) is 5.90. The monoisotopic (exact) mass is 96.1 g/mol. The maximum atomic E-state index is 4.83. The van der Waals surface area contributed by atoms with Crippen LogP contribution in [-0.2, 0) is 0 Å². The Morgan fingerprint density at radius 3 is 2.71 bits per heavy atom. The van der Waals surface area contributed by atoms with Crippen molar-refractivity contribution in [3.05, 3.63) is 12.4 Å². The van der Waals surface area contributed by atoms with Gasteiger partial charge in [0.15, 0.2) is 0 Å². The predicted octanol–water partition coefficient (Wildman–Crippen LogP) is -0.143. The molecule has 0 unspecified atom stereocenters. The van der Waals surface area contributed by atoms with Gasteiger partial charge in [0.1, 0.15) is 0 Å². The van der Waals surface area contributed by atoms with Crippen LogP contribution in [0.2, 0.25) is 0 Å². The Morgan fingerprint density at radius 2 is 2.29 bits per heavy atom. The van der Waals surface area contributed by atoms with Crippen LogP contribution in [-0.4, -0.2) is 7.05 Å². The van der Waals surface area contributed by atoms with Crippen molar-refractivity contribution in [2.24, 2.45) is 0 Å². The Kier molecular flexibility index (Phi) is 4.13. The number of terminal acetylenes is 1. The fourth-order valence-electron chi connectivity index (χ4n) is 0.173. The van der Waals surface area contributed by atoms with Gasteiger partial charge in [0.25, 0.3) is 0 Å². The average molecular weight is 96.1 g/mol. The van der Waals surface area contributed by atoms with Gasteiger partial charge >= 0.3 is 0 Å². The maximum absolute atomic E-state index is 4.83. The Labute approximate surface area is 43.6 Å². The summed E-state index contributed by atoms with van der Waals surface area (Å²) >= 11 is 0. The molecule has 0 spiro atoms. The van der Waals surface area contributed by atoms with Crippen LogP contribution in [0.1, 0.15) is 0 Å². The number of nitrogens with one attached hydrogen (secondary N) is 2. The molecule has 0 aliphatic rings. The highest BCUT2D eigenvalue weighted by Crippen LogP contribution is 1.52. The van der Waals surface area contributed by atoms with Gasteiger partial charge in [0.2, 0.25) is 0 Å². The van der Waals surface area contributed by atoms with Crippen LogP contribution >= 0.6 is 0 Å². The van der Waals surface area contributed by atoms with Crippen molar-refractivity contribution in [2.45, 2.75) is 0 Å². The predicted molar refractivity (Wildman–Crippen MR) is 30.2 cm³/mol. The highest BCUT2D eigenvalue weighted by atomic mass is 14.8. The molecule has 0 radical (unpaired) electrons. The third-order valence-electron chi connectivity index (χ3n) is 0.417. The van der Waals surface area contributed by atoms with Crippen LogP contribution in [0.4, 0.5) is 0 Å². The quantitative estimate of drug-likeness (QED) is 0.369. The molecule has 2 nitrogen and oxygen atoms in total. The van der Waals surface area contributed by atoms with E-state index >= 15 is 0 Å². The lowest BCUT2D eigenvalue weighted by molar-refractivity contribution is 1.07. The molecule has 38 valence electrons. The van der Waals surface area contributed by atoms with Gasteiger partial charge < -0.3 is 10.6 Å². The topological polar surface area (TPSA) is 24.1 Å². The Hall–Kier alpha value is -1.10. The highest BCUT2D eigenvalue weighted by Gasteiger charge is 1.56. The third kappa shape index (κ3) is 4.90. The van der Waals surface area contributed by atoms with Crippen molar-refractivity contribution in [2.75, 3.05) is 7.05 Å². The molecule has 0 fully saturated rings. The molecule has 0 bridgehead atoms. The van der Waals surface area contributed by atoms with Crippen LogP contribution in [0.25, 0.3) is 0 Å². The van der Waals surface area contributed by atoms with E-state index in [9.17, 15) is 0 Å². The minimum absolute atomic E-state index is 1.64. The van der Waals surface area contributed by atoms with E-state index in [-0.39, 0.29) is 0 Å². The average Bonchev–Trinajstić information content (AvgIpc) is 1.69. The summed E-state index contributed by atoms with van der Waals surface area (Å²) in [6.07, 6.45) is 8.18. The number of hydrogen-bond acceptors (Lipinski definition) is 2. The summed E-state index contributed by atoms with van der Waals surface area (Å²) in [6.45, 7) is 0. The van der Waals surface area contributed by atoms with E-state index < -0.39 is 0 Å². The number of hydrogen-bond donors (Lipinski definition) is 2. The van der Waals surface area contributed by atoms with Gasteiger partial charge in [0.05, 0.1) is 0 Å². The van der Waals surface area contributed by atoms with Gasteiger partial charge in [-0.25, -0.2) is 0 Å². The Bertz CT molecular complexity index is 88.7. The first-order valence-corrected chi connectivity index (χ1v) is 1.95. The molecule has 2 heteroatoms. The molecule has 0 amide bonds. The van der Waals surface area contributed by atoms with Crippen LogP contribution in [0.3, 0.4) is 0 Å². The molecule has 2 N–H and O–H groups in total. The molecular weight excluding hydrogens is 88.1 g/mol. The van der Waals surface area contributed by atoms with Gasteiger partial charge in [-0.2, -0.15) is 0 Å². The molecule has 0 atom stereocenters. The van der Waals surface area contributed by atoms with Crippen LogP contribution < -0.4 is 10.6 Å². The zero-order chi connectivity index (χ0) is 5.54. The van der Waals surface area contributed by atoms with E-state index in [0.29, 0.717) is 0 Å². The van der Waals surface area contributed by atoms with Crippen molar-refractivity contribution in [3.8, 4) is 12.5 Å². The van der Waals surface area contributed by atoms with Gasteiger partial charge in [-0.05, 0) is 0 Å². The van der Waals surface area contributed by atoms with Crippen molar-refractivity contribution < 1.29 is 0 Å². The molecule has 0 rings (SSSR count). The molecule has 0 aromatic rings. The first-order chi connectivity index (χ1) is 3.41. The van der Waals surface area contributed by atoms with E-state index in [1.54, 1.807) is 19.4 Å². The molecule has 7 heavy (non-hydrogen) atoms. The SMILES string of the molecule is C#CN/C=C\NC. The van der Waals surface area contributed by atoms with Crippen molar-refractivity contribution >= 4 is 0 Å². The summed E-state index contributed by atoms with van der Waals surface area (Å²) in [6, 6.07) is 2.23. The van der Waals surface area contributed by atoms with Gasteiger partial charge in [-0.15, -0.1) is 0 Å². The van der Waals surface area contributed by atoms with E-state index in [1.165, 1.54) is 0 Å². The smallest absolute Gasteiger partial charge is 0.0249 e. The van der Waals surface area contributed by atoms with Crippen LogP contribution in [0.15, 0.2) is 12.4 Å². The molecule has 0 aromatic carbocycles. The van der Waals surface area contributed by atoms with Crippen molar-refractivity contribution in [3.63, 3.8) is 0 Å². The standard InChI is InChI=1S/C5H8N2/c1-3-7-5-4-6-2/h1,4-7H,2H3/b5-4-. The molecule has 0 heterocycles. The molecule has 0 saturated heterocycles. The fourth-order valence-corrected chi connectivity index (χ4v) is 0.173. The molecule has 0 saturated carbocycles. The summed E-state index contributed by atoms with van der Waals surface area (Å²) in [7, 11) is 1.80. The second-order valence-electron chi connectivity index (χ2n) is 0.911. The Balaban J connectivity index is 2.97. The summed E-state index contributed by atoms with van der Waals surface area (Å²) < 4.78 is 0. The van der Waals surface area contributed by atoms with Gasteiger partial charge in [0, 0.05) is 25.5 Å². The summed E-state index contributed by atoms with van der Waals surface area (Å²) in [5, 5.41) is 5.30. The molecule has 0 aliphatic heterocycles. The van der Waals surface area contributed by atoms with E-state index in [2.05, 4.69) is 16.7 Å². The summed E-state index contributed by atoms with van der Waals surface area (Å²) in [4.78, 5) is 0. The lowest BCUT2D eigenvalue weighted by Crippen LogP contribution is -1.97. The minimum Gasteiger partial charge on any atom is -0.393 e. The summed E-state index contributed by atoms with van der Waals surface area (Å²) in [5.41, 5.74) is 0. The van der Waals surface area contributed by atoms with E-state index in [4.69, 9.17) is 6.42 Å². The van der Waals surface area contributed by atoms with Crippen LogP contribution in [0, 0.1) is 12.5 Å². The highest BCUT2D eigenvalue weighted by molar-refractivity contribution is 4.89. The van der Waals surface area contributed by atoms with Crippen LogP contribution in [0.5, 0.6) is 0 Å². The second-order valence-corrected chi connectivity index (χ2v) is 0.911. The summed E-state index contributed by atoms with van der Waals surface area (Å²) in [5.74, 6) is 0. The van der Waals surface area contributed by atoms with Gasteiger partial charge in [-0.3, -0.25) is 0 Å². The first-order valence-electron chi connectivity index (χ1n) is 1.95. The minimum atomic E-state index is 1.64. The molecular formula is C5H8N2.